The number of carbonyl (C=O) groups is 2. The second kappa shape index (κ2) is 7.40. The fourth-order valence-electron chi connectivity index (χ4n) is 1.26. The topological polar surface area (TPSA) is 225 Å². The number of hydrogen-bond donors (Lipinski definition) is 8. The Balaban J connectivity index is 5.62. The van der Waals surface area contributed by atoms with E-state index in [0.717, 1.165) is 0 Å². The molecule has 0 aromatic carbocycles. The van der Waals surface area contributed by atoms with Crippen LogP contribution in [0.2, 0.25) is 0 Å². The molecule has 0 aromatic rings. The molecule has 0 saturated heterocycles. The number of amides is 1. The maximum atomic E-state index is 11.8. The summed E-state index contributed by atoms with van der Waals surface area (Å²) in [5, 5.41) is 27.7. The lowest BCUT2D eigenvalue weighted by Crippen LogP contribution is -2.53. The molecule has 0 aromatic heterocycles. The molecule has 0 aliphatic rings. The van der Waals surface area contributed by atoms with Crippen LogP contribution in [0.3, 0.4) is 0 Å². The third-order valence-electron chi connectivity index (χ3n) is 2.06. The smallest absolute Gasteiger partial charge is 0.433 e. The fraction of sp³-hybridized carbons (Fsp3) is 0.667. The minimum Gasteiger partial charge on any atom is -0.480 e. The van der Waals surface area contributed by atoms with Crippen molar-refractivity contribution in [3.8, 4) is 0 Å². The van der Waals surface area contributed by atoms with Gasteiger partial charge in [0.2, 0.25) is 0 Å². The molecule has 0 radical (unpaired) electrons. The fourth-order valence-corrected chi connectivity index (χ4v) is 2.79. The lowest BCUT2D eigenvalue weighted by molar-refractivity contribution is -0.149. The summed E-state index contributed by atoms with van der Waals surface area (Å²) in [6, 6.07) is -4.56. The molecule has 0 fully saturated rings. The highest BCUT2D eigenvalue weighted by molar-refractivity contribution is 7.50. The number of hydrogen-bond acceptors (Lipinski definition) is 6. The van der Waals surface area contributed by atoms with Crippen molar-refractivity contribution in [2.45, 2.75) is 12.1 Å². The first-order valence-corrected chi connectivity index (χ1v) is 8.19. The molecule has 0 bridgehead atoms. The maximum absolute atomic E-state index is 11.8. The van der Waals surface area contributed by atoms with E-state index in [2.05, 4.69) is 0 Å². The SMILES string of the molecule is O=C(O)[C@H](CO)N(C(=O)[C@H](CO)NP(=O)(O)O)P(=O)(O)O. The van der Waals surface area contributed by atoms with Crippen molar-refractivity contribution in [2.75, 3.05) is 13.2 Å². The van der Waals surface area contributed by atoms with Crippen molar-refractivity contribution < 1.29 is 53.6 Å². The van der Waals surface area contributed by atoms with Gasteiger partial charge in [-0.15, -0.1) is 0 Å². The van der Waals surface area contributed by atoms with Crippen LogP contribution in [0.4, 0.5) is 0 Å². The largest absolute Gasteiger partial charge is 0.480 e. The summed E-state index contributed by atoms with van der Waals surface area (Å²) >= 11 is 0. The minimum absolute atomic E-state index is 0.571. The summed E-state index contributed by atoms with van der Waals surface area (Å²) in [5.74, 6) is -3.78. The molecule has 0 aliphatic heterocycles. The monoisotopic (exact) mass is 352 g/mol. The zero-order chi connectivity index (χ0) is 17.0. The Morgan fingerprint density at radius 2 is 1.52 bits per heavy atom. The van der Waals surface area contributed by atoms with E-state index in [0.29, 0.717) is 0 Å². The van der Waals surface area contributed by atoms with E-state index in [4.69, 9.17) is 34.9 Å². The van der Waals surface area contributed by atoms with Gasteiger partial charge in [-0.25, -0.2) is 23.7 Å². The van der Waals surface area contributed by atoms with Crippen LogP contribution < -0.4 is 5.09 Å². The first-order valence-electron chi connectivity index (χ1n) is 5.02. The molecular formula is C6H14N2O11P2. The van der Waals surface area contributed by atoms with E-state index < -0.39 is 57.3 Å². The van der Waals surface area contributed by atoms with Gasteiger partial charge in [0.1, 0.15) is 6.04 Å². The van der Waals surface area contributed by atoms with Gasteiger partial charge in [0, 0.05) is 0 Å². The van der Waals surface area contributed by atoms with Crippen molar-refractivity contribution in [3.63, 3.8) is 0 Å². The van der Waals surface area contributed by atoms with E-state index in [1.165, 1.54) is 5.09 Å². The Kier molecular flexibility index (Phi) is 7.09. The van der Waals surface area contributed by atoms with Gasteiger partial charge in [0.25, 0.3) is 5.91 Å². The first kappa shape index (κ1) is 20.1. The van der Waals surface area contributed by atoms with Crippen LogP contribution in [-0.4, -0.2) is 76.7 Å². The van der Waals surface area contributed by atoms with E-state index in [1.807, 2.05) is 0 Å². The standard InChI is InChI=1S/C6H14N2O11P2/c9-1-3(7-20(14,15)16)5(11)8(21(17,18)19)4(2-10)6(12)13/h3-4,9-10H,1-2H2,(H,12,13)(H2,17,18,19)(H3,7,14,15,16)/t3-,4-/m0/s1. The first-order chi connectivity index (χ1) is 9.35. The highest BCUT2D eigenvalue weighted by Crippen LogP contribution is 2.43. The predicted octanol–water partition coefficient (Wildman–Crippen LogP) is -3.60. The molecular weight excluding hydrogens is 338 g/mol. The number of nitrogens with one attached hydrogen (secondary N) is 1. The number of carboxylic acids is 1. The van der Waals surface area contributed by atoms with Crippen LogP contribution in [0, 0.1) is 0 Å². The van der Waals surface area contributed by atoms with Gasteiger partial charge in [-0.05, 0) is 0 Å². The van der Waals surface area contributed by atoms with Crippen molar-refractivity contribution >= 4 is 27.4 Å². The van der Waals surface area contributed by atoms with Crippen molar-refractivity contribution in [1.82, 2.24) is 9.76 Å². The van der Waals surface area contributed by atoms with E-state index in [9.17, 15) is 18.7 Å². The van der Waals surface area contributed by atoms with Crippen LogP contribution in [0.25, 0.3) is 0 Å². The Morgan fingerprint density at radius 3 is 1.76 bits per heavy atom. The predicted molar refractivity (Wildman–Crippen MR) is 63.5 cm³/mol. The second-order valence-electron chi connectivity index (χ2n) is 3.64. The van der Waals surface area contributed by atoms with Crippen LogP contribution in [0.15, 0.2) is 0 Å². The summed E-state index contributed by atoms with van der Waals surface area (Å²) in [4.78, 5) is 57.8. The number of nitrogens with zero attached hydrogens (tertiary/aromatic N) is 1. The zero-order valence-electron chi connectivity index (χ0n) is 10.2. The highest BCUT2D eigenvalue weighted by Gasteiger charge is 2.44. The molecule has 124 valence electrons. The number of carbonyl (C=O) groups excluding carboxylic acids is 1. The van der Waals surface area contributed by atoms with E-state index in [1.54, 1.807) is 0 Å². The summed E-state index contributed by atoms with van der Waals surface area (Å²) in [6.07, 6.45) is 0. The van der Waals surface area contributed by atoms with Crippen LogP contribution >= 0.6 is 15.5 Å². The summed E-state index contributed by atoms with van der Waals surface area (Å²) < 4.78 is 21.3. The normalized spacial score (nSPS) is 15.3. The van der Waals surface area contributed by atoms with Gasteiger partial charge in [-0.3, -0.25) is 4.79 Å². The van der Waals surface area contributed by atoms with Crippen LogP contribution in [-0.2, 0) is 18.7 Å². The zero-order valence-corrected chi connectivity index (χ0v) is 12.0. The number of aliphatic carboxylic acids is 1. The Hall–Kier alpha value is -0.880. The quantitative estimate of drug-likeness (QED) is 0.198. The van der Waals surface area contributed by atoms with Gasteiger partial charge in [0.05, 0.1) is 13.2 Å². The van der Waals surface area contributed by atoms with Crippen LogP contribution in [0.1, 0.15) is 0 Å². The molecule has 0 rings (SSSR count). The maximum Gasteiger partial charge on any atom is 0.433 e. The van der Waals surface area contributed by atoms with Crippen molar-refractivity contribution in [3.05, 3.63) is 0 Å². The molecule has 0 heterocycles. The van der Waals surface area contributed by atoms with Crippen molar-refractivity contribution in [2.24, 2.45) is 0 Å². The third kappa shape index (κ3) is 6.18. The van der Waals surface area contributed by atoms with Gasteiger partial charge >= 0.3 is 21.5 Å². The van der Waals surface area contributed by atoms with Gasteiger partial charge in [-0.2, -0.15) is 0 Å². The molecule has 15 heteroatoms. The minimum atomic E-state index is -5.55. The number of aliphatic hydroxyl groups is 2. The molecule has 13 nitrogen and oxygen atoms in total. The average molecular weight is 352 g/mol. The molecule has 1 amide bonds. The number of aliphatic hydroxyl groups excluding tert-OH is 2. The van der Waals surface area contributed by atoms with Gasteiger partial charge in [-0.1, -0.05) is 0 Å². The van der Waals surface area contributed by atoms with Crippen molar-refractivity contribution in [1.29, 1.82) is 0 Å². The lowest BCUT2D eigenvalue weighted by atomic mass is 10.2. The molecule has 21 heavy (non-hydrogen) atoms. The van der Waals surface area contributed by atoms with Crippen LogP contribution in [0.5, 0.6) is 0 Å². The highest BCUT2D eigenvalue weighted by atomic mass is 31.2. The Labute approximate surface area is 117 Å². The molecule has 0 spiro atoms. The number of carboxylic acid groups (broad SMARTS) is 1. The molecule has 8 N–H and O–H groups in total. The summed E-state index contributed by atoms with van der Waals surface area (Å²) in [5.41, 5.74) is 0. The summed E-state index contributed by atoms with van der Waals surface area (Å²) in [7, 11) is -10.6. The molecule has 0 unspecified atom stereocenters. The Bertz CT molecular complexity index is 483. The summed E-state index contributed by atoms with van der Waals surface area (Å²) in [6.45, 7) is -2.67. The van der Waals surface area contributed by atoms with E-state index in [-0.39, 0.29) is 0 Å². The lowest BCUT2D eigenvalue weighted by Gasteiger charge is -2.30. The number of rotatable bonds is 8. The van der Waals surface area contributed by atoms with Gasteiger partial charge in [0.15, 0.2) is 6.04 Å². The third-order valence-corrected chi connectivity index (χ3v) is 3.75. The average Bonchev–Trinajstić information content (AvgIpc) is 2.28. The Morgan fingerprint density at radius 1 is 1.05 bits per heavy atom. The van der Waals surface area contributed by atoms with Gasteiger partial charge < -0.3 is 34.9 Å². The molecule has 0 saturated carbocycles. The molecule has 0 aliphatic carbocycles. The second-order valence-corrected chi connectivity index (χ2v) is 6.44. The van der Waals surface area contributed by atoms with E-state index >= 15 is 0 Å². The molecule has 2 atom stereocenters.